The molecule has 0 atom stereocenters. The van der Waals surface area contributed by atoms with Crippen LogP contribution in [0.15, 0.2) is 42.5 Å². The molecule has 2 aromatic carbocycles. The van der Waals surface area contributed by atoms with Crippen molar-refractivity contribution in [3.63, 3.8) is 0 Å². The van der Waals surface area contributed by atoms with E-state index in [1.807, 2.05) is 24.3 Å². The summed E-state index contributed by atoms with van der Waals surface area (Å²) in [4.78, 5) is 0. The van der Waals surface area contributed by atoms with Gasteiger partial charge in [0.05, 0.1) is 22.2 Å². The summed E-state index contributed by atoms with van der Waals surface area (Å²) in [6.07, 6.45) is 0. The Balaban J connectivity index is 2.09. The molecular weight excluding hydrogens is 258 g/mol. The summed E-state index contributed by atoms with van der Waals surface area (Å²) in [5.74, 6) is 0. The van der Waals surface area contributed by atoms with Crippen LogP contribution in [0.2, 0.25) is 5.02 Å². The van der Waals surface area contributed by atoms with Crippen LogP contribution in [0.1, 0.15) is 16.7 Å². The van der Waals surface area contributed by atoms with Crippen LogP contribution in [0, 0.1) is 22.7 Å². The third kappa shape index (κ3) is 3.25. The normalized spacial score (nSPS) is 9.42. The van der Waals surface area contributed by atoms with E-state index >= 15 is 0 Å². The summed E-state index contributed by atoms with van der Waals surface area (Å²) in [6, 6.07) is 16.7. The number of hydrogen-bond donors (Lipinski definition) is 1. The van der Waals surface area contributed by atoms with Gasteiger partial charge in [0.1, 0.15) is 6.07 Å². The van der Waals surface area contributed by atoms with Gasteiger partial charge in [-0.1, -0.05) is 23.7 Å². The maximum atomic E-state index is 8.82. The molecule has 0 unspecified atom stereocenters. The Morgan fingerprint density at radius 3 is 2.58 bits per heavy atom. The monoisotopic (exact) mass is 267 g/mol. The summed E-state index contributed by atoms with van der Waals surface area (Å²) in [5, 5.41) is 21.2. The van der Waals surface area contributed by atoms with Crippen LogP contribution in [0.5, 0.6) is 0 Å². The highest BCUT2D eigenvalue weighted by molar-refractivity contribution is 6.32. The molecule has 19 heavy (non-hydrogen) atoms. The Bertz CT molecular complexity index is 681. The molecule has 92 valence electrons. The fourth-order valence-corrected chi connectivity index (χ4v) is 1.89. The molecular formula is C15H10ClN3. The van der Waals surface area contributed by atoms with Crippen LogP contribution in [0.4, 0.5) is 5.69 Å². The first-order valence-electron chi connectivity index (χ1n) is 5.65. The second kappa shape index (κ2) is 5.91. The van der Waals surface area contributed by atoms with E-state index in [1.165, 1.54) is 0 Å². The van der Waals surface area contributed by atoms with Crippen LogP contribution < -0.4 is 5.32 Å². The van der Waals surface area contributed by atoms with Crippen molar-refractivity contribution in [1.82, 2.24) is 0 Å². The van der Waals surface area contributed by atoms with Crippen molar-refractivity contribution in [2.45, 2.75) is 6.54 Å². The highest BCUT2D eigenvalue weighted by Gasteiger charge is 2.01. The molecule has 0 aliphatic heterocycles. The summed E-state index contributed by atoms with van der Waals surface area (Å²) < 4.78 is 0. The van der Waals surface area contributed by atoms with Gasteiger partial charge in [0, 0.05) is 12.2 Å². The van der Waals surface area contributed by atoms with Gasteiger partial charge in [0.2, 0.25) is 0 Å². The van der Waals surface area contributed by atoms with E-state index in [2.05, 4.69) is 11.4 Å². The molecule has 0 aliphatic rings. The molecule has 0 saturated carbocycles. The summed E-state index contributed by atoms with van der Waals surface area (Å²) >= 11 is 5.95. The molecule has 4 heteroatoms. The molecule has 0 fully saturated rings. The van der Waals surface area contributed by atoms with E-state index in [0.29, 0.717) is 22.7 Å². The lowest BCUT2D eigenvalue weighted by atomic mass is 10.1. The molecule has 1 N–H and O–H groups in total. The molecule has 0 amide bonds. The smallest absolute Gasteiger partial charge is 0.101 e. The lowest BCUT2D eigenvalue weighted by Crippen LogP contribution is -1.99. The number of halogens is 1. The highest BCUT2D eigenvalue weighted by Crippen LogP contribution is 2.20. The zero-order valence-electron chi connectivity index (χ0n) is 10.0. The van der Waals surface area contributed by atoms with Crippen LogP contribution in [-0.4, -0.2) is 0 Å². The number of rotatable bonds is 3. The minimum Gasteiger partial charge on any atom is -0.381 e. The largest absolute Gasteiger partial charge is 0.381 e. The van der Waals surface area contributed by atoms with Crippen molar-refractivity contribution < 1.29 is 0 Å². The Morgan fingerprint density at radius 1 is 1.05 bits per heavy atom. The van der Waals surface area contributed by atoms with Crippen LogP contribution in [0.25, 0.3) is 0 Å². The van der Waals surface area contributed by atoms with E-state index in [-0.39, 0.29) is 0 Å². The van der Waals surface area contributed by atoms with E-state index in [9.17, 15) is 0 Å². The molecule has 0 radical (unpaired) electrons. The zero-order chi connectivity index (χ0) is 13.7. The lowest BCUT2D eigenvalue weighted by Gasteiger charge is -2.07. The van der Waals surface area contributed by atoms with E-state index in [4.69, 9.17) is 22.1 Å². The van der Waals surface area contributed by atoms with Gasteiger partial charge in [-0.3, -0.25) is 0 Å². The minimum absolute atomic E-state index is 0.429. The van der Waals surface area contributed by atoms with Gasteiger partial charge in [-0.2, -0.15) is 10.5 Å². The van der Waals surface area contributed by atoms with E-state index < -0.39 is 0 Å². The Hall–Kier alpha value is -2.49. The van der Waals surface area contributed by atoms with E-state index in [0.717, 1.165) is 11.3 Å². The van der Waals surface area contributed by atoms with Gasteiger partial charge < -0.3 is 5.32 Å². The molecule has 0 saturated heterocycles. The number of hydrogen-bond acceptors (Lipinski definition) is 3. The van der Waals surface area contributed by atoms with Crippen molar-refractivity contribution in [2.75, 3.05) is 5.32 Å². The number of nitrogens with zero attached hydrogens (tertiary/aromatic N) is 2. The predicted molar refractivity (Wildman–Crippen MR) is 74.7 cm³/mol. The average Bonchev–Trinajstić information content (AvgIpc) is 2.45. The Labute approximate surface area is 116 Å². The zero-order valence-corrected chi connectivity index (χ0v) is 10.8. The third-order valence-corrected chi connectivity index (χ3v) is 2.95. The first kappa shape index (κ1) is 13.0. The average molecular weight is 268 g/mol. The molecule has 0 aliphatic carbocycles. The van der Waals surface area contributed by atoms with Crippen molar-refractivity contribution in [3.05, 3.63) is 64.2 Å². The van der Waals surface area contributed by atoms with Gasteiger partial charge >= 0.3 is 0 Å². The van der Waals surface area contributed by atoms with Crippen molar-refractivity contribution in [1.29, 1.82) is 10.5 Å². The topological polar surface area (TPSA) is 59.6 Å². The summed E-state index contributed by atoms with van der Waals surface area (Å²) in [7, 11) is 0. The van der Waals surface area contributed by atoms with E-state index in [1.54, 1.807) is 24.3 Å². The molecule has 0 bridgehead atoms. The SMILES string of the molecule is N#Cc1cccc(CNc2ccc(C#N)c(Cl)c2)c1. The summed E-state index contributed by atoms with van der Waals surface area (Å²) in [6.45, 7) is 0.595. The second-order valence-electron chi connectivity index (χ2n) is 3.97. The predicted octanol–water partition coefficient (Wildman–Crippen LogP) is 3.70. The Morgan fingerprint density at radius 2 is 1.89 bits per heavy atom. The fourth-order valence-electron chi connectivity index (χ4n) is 1.67. The minimum atomic E-state index is 0.429. The molecule has 2 rings (SSSR count). The maximum Gasteiger partial charge on any atom is 0.101 e. The van der Waals surface area contributed by atoms with Crippen LogP contribution >= 0.6 is 11.6 Å². The number of nitrogens with one attached hydrogen (secondary N) is 1. The molecule has 0 heterocycles. The number of nitriles is 2. The summed E-state index contributed by atoms with van der Waals surface area (Å²) in [5.41, 5.74) is 2.95. The van der Waals surface area contributed by atoms with Crippen LogP contribution in [0.3, 0.4) is 0 Å². The fraction of sp³-hybridized carbons (Fsp3) is 0.0667. The lowest BCUT2D eigenvalue weighted by molar-refractivity contribution is 1.15. The maximum absolute atomic E-state index is 8.82. The van der Waals surface area contributed by atoms with Crippen LogP contribution in [-0.2, 0) is 6.54 Å². The number of anilines is 1. The third-order valence-electron chi connectivity index (χ3n) is 2.64. The Kier molecular flexibility index (Phi) is 4.03. The molecule has 0 aromatic heterocycles. The van der Waals surface area contributed by atoms with Crippen molar-refractivity contribution in [3.8, 4) is 12.1 Å². The van der Waals surface area contributed by atoms with Gasteiger partial charge in [0.25, 0.3) is 0 Å². The van der Waals surface area contributed by atoms with Gasteiger partial charge in [-0.25, -0.2) is 0 Å². The first-order valence-corrected chi connectivity index (χ1v) is 6.03. The quantitative estimate of drug-likeness (QED) is 0.922. The number of benzene rings is 2. The molecule has 0 spiro atoms. The van der Waals surface area contributed by atoms with Gasteiger partial charge in [-0.15, -0.1) is 0 Å². The van der Waals surface area contributed by atoms with Crippen molar-refractivity contribution in [2.24, 2.45) is 0 Å². The standard InChI is InChI=1S/C15H10ClN3/c16-15-7-14(5-4-13(15)9-18)19-10-12-3-1-2-11(6-12)8-17/h1-7,19H,10H2. The van der Waals surface area contributed by atoms with Gasteiger partial charge in [-0.05, 0) is 35.9 Å². The van der Waals surface area contributed by atoms with Gasteiger partial charge in [0.15, 0.2) is 0 Å². The molecule has 2 aromatic rings. The first-order chi connectivity index (χ1) is 9.22. The highest BCUT2D eigenvalue weighted by atomic mass is 35.5. The molecule has 3 nitrogen and oxygen atoms in total. The second-order valence-corrected chi connectivity index (χ2v) is 4.38. The van der Waals surface area contributed by atoms with Crippen molar-refractivity contribution >= 4 is 17.3 Å².